The van der Waals surface area contributed by atoms with Crippen molar-refractivity contribution in [3.05, 3.63) is 40.2 Å². The average Bonchev–Trinajstić information content (AvgIpc) is 2.97. The second-order valence-corrected chi connectivity index (χ2v) is 7.03. The summed E-state index contributed by atoms with van der Waals surface area (Å²) in [6.45, 7) is 0. The molecule has 0 aliphatic carbocycles. The highest BCUT2D eigenvalue weighted by atomic mass is 32.2. The number of thiocarbonyl (C=S) groups is 1. The lowest BCUT2D eigenvalue weighted by atomic mass is 10.2. The van der Waals surface area contributed by atoms with Crippen molar-refractivity contribution in [1.29, 1.82) is 0 Å². The van der Waals surface area contributed by atoms with Crippen LogP contribution in [0.2, 0.25) is 0 Å². The van der Waals surface area contributed by atoms with Crippen molar-refractivity contribution in [3.63, 3.8) is 0 Å². The van der Waals surface area contributed by atoms with Gasteiger partial charge in [-0.15, -0.1) is 22.8 Å². The van der Waals surface area contributed by atoms with Crippen LogP contribution in [0.1, 0.15) is 0 Å². The van der Waals surface area contributed by atoms with Gasteiger partial charge in [0, 0.05) is 5.38 Å². The zero-order valence-electron chi connectivity index (χ0n) is 10.7. The van der Waals surface area contributed by atoms with Gasteiger partial charge in [0.05, 0.1) is 22.4 Å². The molecule has 2 heterocycles. The van der Waals surface area contributed by atoms with E-state index in [1.165, 1.54) is 41.1 Å². The Balaban J connectivity index is 2.53. The zero-order valence-corrected chi connectivity index (χ0v) is 14.0. The summed E-state index contributed by atoms with van der Waals surface area (Å²) in [6.07, 6.45) is 4.01. The summed E-state index contributed by atoms with van der Waals surface area (Å²) in [4.78, 5) is 11.5. The number of hydrogen-bond donors (Lipinski definition) is 2. The lowest BCUT2D eigenvalue weighted by molar-refractivity contribution is -0.107. The first-order chi connectivity index (χ1) is 10.4. The highest BCUT2D eigenvalue weighted by molar-refractivity contribution is 7.97. The van der Waals surface area contributed by atoms with E-state index in [-0.39, 0.29) is 21.2 Å². The Kier molecular flexibility index (Phi) is 5.34. The fourth-order valence-corrected chi connectivity index (χ4v) is 4.06. The monoisotopic (exact) mass is 372 g/mol. The van der Waals surface area contributed by atoms with Crippen LogP contribution < -0.4 is 4.72 Å². The minimum Gasteiger partial charge on any atom is -0.282 e. The summed E-state index contributed by atoms with van der Waals surface area (Å²) in [5.74, 6) is 0. The van der Waals surface area contributed by atoms with Crippen LogP contribution >= 0.6 is 36.2 Å². The average molecular weight is 372 g/mol. The van der Waals surface area contributed by atoms with Gasteiger partial charge in [0.25, 0.3) is 10.0 Å². The molecule has 1 aliphatic rings. The molecule has 1 N–H and O–H groups in total. The Morgan fingerprint density at radius 1 is 1.41 bits per heavy atom. The molecule has 0 unspecified atom stereocenters. The highest BCUT2D eigenvalue weighted by Crippen LogP contribution is 2.18. The van der Waals surface area contributed by atoms with Crippen LogP contribution in [-0.2, 0) is 14.8 Å². The summed E-state index contributed by atoms with van der Waals surface area (Å²) in [5, 5.41) is 12.8. The maximum absolute atomic E-state index is 12.3. The first-order valence-electron chi connectivity index (χ1n) is 5.59. The third-order valence-electron chi connectivity index (χ3n) is 2.35. The Bertz CT molecular complexity index is 820. The lowest BCUT2D eigenvalue weighted by Gasteiger charge is -2.11. The van der Waals surface area contributed by atoms with Crippen LogP contribution in [0.4, 0.5) is 0 Å². The molecule has 0 radical (unpaired) electrons. The molecule has 11 heteroatoms. The number of thiol groups is 1. The number of rotatable bonds is 4. The van der Waals surface area contributed by atoms with E-state index in [1.807, 2.05) is 0 Å². The topological polar surface area (TPSA) is 100 Å². The van der Waals surface area contributed by atoms with Crippen molar-refractivity contribution in [1.82, 2.24) is 4.72 Å². The molecule has 7 nitrogen and oxygen atoms in total. The van der Waals surface area contributed by atoms with Gasteiger partial charge in [-0.25, -0.2) is 8.42 Å². The van der Waals surface area contributed by atoms with E-state index in [0.29, 0.717) is 0 Å². The van der Waals surface area contributed by atoms with E-state index < -0.39 is 15.1 Å². The van der Waals surface area contributed by atoms with Crippen molar-refractivity contribution < 1.29 is 13.2 Å². The molecular weight excluding hydrogens is 364 g/mol. The molecule has 22 heavy (non-hydrogen) atoms. The standard InChI is InChI=1S/C11H8N4O3S4/c16-11(20)9-8(2-1-4-12-15-13-10(9)19)14-22(17,18)7-3-5-21-6-7/h1-6,14H,(H,16,20)/b2-1+,9-8-,12-4-,15-13+. The van der Waals surface area contributed by atoms with Crippen molar-refractivity contribution in [3.8, 4) is 0 Å². The summed E-state index contributed by atoms with van der Waals surface area (Å²) < 4.78 is 26.9. The Hall–Kier alpha value is -1.69. The second-order valence-electron chi connectivity index (χ2n) is 3.78. The van der Waals surface area contributed by atoms with Crippen molar-refractivity contribution in [2.45, 2.75) is 4.90 Å². The lowest BCUT2D eigenvalue weighted by Crippen LogP contribution is -2.25. The molecule has 0 saturated carbocycles. The van der Waals surface area contributed by atoms with Gasteiger partial charge >= 0.3 is 0 Å². The minimum atomic E-state index is -3.86. The summed E-state index contributed by atoms with van der Waals surface area (Å²) in [6, 6.07) is 1.44. The van der Waals surface area contributed by atoms with Crippen LogP contribution in [0.3, 0.4) is 0 Å². The second kappa shape index (κ2) is 7.05. The van der Waals surface area contributed by atoms with Crippen LogP contribution in [0, 0.1) is 0 Å². The molecule has 0 bridgehead atoms. The molecule has 0 amide bonds. The third kappa shape index (κ3) is 3.94. The smallest absolute Gasteiger partial charge is 0.262 e. The molecule has 0 fully saturated rings. The molecule has 0 spiro atoms. The molecular formula is C11H8N4O3S4. The normalized spacial score (nSPS) is 23.0. The maximum Gasteiger partial charge on any atom is 0.262 e. The number of thiophene rings is 1. The minimum absolute atomic E-state index is 0.0523. The van der Waals surface area contributed by atoms with Gasteiger partial charge in [0.1, 0.15) is 0 Å². The van der Waals surface area contributed by atoms with Crippen LogP contribution in [-0.4, -0.2) is 24.7 Å². The number of carbonyl (C=O) groups excluding carboxylic acids is 1. The molecule has 1 aromatic heterocycles. The van der Waals surface area contributed by atoms with E-state index in [2.05, 4.69) is 32.8 Å². The first-order valence-corrected chi connectivity index (χ1v) is 8.87. The van der Waals surface area contributed by atoms with Gasteiger partial charge < -0.3 is 0 Å². The number of allylic oxidation sites excluding steroid dienone is 2. The van der Waals surface area contributed by atoms with Crippen molar-refractivity contribution >= 4 is 62.5 Å². The van der Waals surface area contributed by atoms with Gasteiger partial charge in [-0.05, 0) is 28.8 Å². The molecule has 0 saturated heterocycles. The zero-order chi connectivity index (χ0) is 16.2. The Morgan fingerprint density at radius 3 is 2.82 bits per heavy atom. The van der Waals surface area contributed by atoms with Gasteiger partial charge in [-0.3, -0.25) is 9.52 Å². The third-order valence-corrected chi connectivity index (χ3v) is 5.05. The number of nitrogens with one attached hydrogen (secondary N) is 1. The largest absolute Gasteiger partial charge is 0.282 e. The quantitative estimate of drug-likeness (QED) is 0.624. The van der Waals surface area contributed by atoms with E-state index >= 15 is 0 Å². The number of nitrogens with zero attached hydrogens (tertiary/aromatic N) is 3. The molecule has 1 aromatic rings. The van der Waals surface area contributed by atoms with E-state index in [0.717, 1.165) is 0 Å². The Labute approximate surface area is 141 Å². The van der Waals surface area contributed by atoms with E-state index in [1.54, 1.807) is 5.38 Å². The maximum atomic E-state index is 12.3. The summed E-state index contributed by atoms with van der Waals surface area (Å²) in [7, 11) is -3.86. The number of carbonyl (C=O) groups is 1. The molecule has 2 rings (SSSR count). The molecule has 114 valence electrons. The van der Waals surface area contributed by atoms with E-state index in [4.69, 9.17) is 12.2 Å². The fourth-order valence-electron chi connectivity index (χ4n) is 1.42. The van der Waals surface area contributed by atoms with Gasteiger partial charge in [-0.2, -0.15) is 11.3 Å². The van der Waals surface area contributed by atoms with E-state index in [9.17, 15) is 13.2 Å². The fraction of sp³-hybridized carbons (Fsp3) is 0. The summed E-state index contributed by atoms with van der Waals surface area (Å²) >= 11 is 9.89. The SMILES string of the molecule is O=C(S)/C1=C(NS(=O)(=O)c2ccsc2)/C=C/C=N\N=N\C1=S. The molecule has 0 atom stereocenters. The summed E-state index contributed by atoms with van der Waals surface area (Å²) in [5.41, 5.74) is -0.230. The van der Waals surface area contributed by atoms with Crippen molar-refractivity contribution in [2.75, 3.05) is 0 Å². The van der Waals surface area contributed by atoms with Crippen LogP contribution in [0.5, 0.6) is 0 Å². The van der Waals surface area contributed by atoms with Gasteiger partial charge in [0.15, 0.2) is 4.99 Å². The number of hydrogen-bond acceptors (Lipinski definition) is 7. The van der Waals surface area contributed by atoms with Crippen LogP contribution in [0.15, 0.2) is 60.6 Å². The molecule has 0 aromatic carbocycles. The predicted octanol–water partition coefficient (Wildman–Crippen LogP) is 2.07. The van der Waals surface area contributed by atoms with Gasteiger partial charge in [0.2, 0.25) is 5.12 Å². The van der Waals surface area contributed by atoms with Gasteiger partial charge in [-0.1, -0.05) is 12.2 Å². The van der Waals surface area contributed by atoms with Crippen molar-refractivity contribution in [2.24, 2.45) is 15.4 Å². The predicted molar refractivity (Wildman–Crippen MR) is 90.7 cm³/mol. The number of sulfonamides is 1. The highest BCUT2D eigenvalue weighted by Gasteiger charge is 2.22. The Morgan fingerprint density at radius 2 is 2.18 bits per heavy atom. The first kappa shape index (κ1) is 16.7. The van der Waals surface area contributed by atoms with Crippen LogP contribution in [0.25, 0.3) is 0 Å². The molecule has 1 aliphatic heterocycles.